The van der Waals surface area contributed by atoms with E-state index >= 15 is 0 Å². The largest absolute Gasteiger partial charge is 0.325 e. The van der Waals surface area contributed by atoms with Gasteiger partial charge in [0, 0.05) is 35.3 Å². The molecule has 0 aliphatic carbocycles. The Bertz CT molecular complexity index is 829. The van der Waals surface area contributed by atoms with Gasteiger partial charge >= 0.3 is 0 Å². The number of aromatic nitrogens is 3. The number of anilines is 1. The highest BCUT2D eigenvalue weighted by Crippen LogP contribution is 2.20. The first kappa shape index (κ1) is 16.5. The quantitative estimate of drug-likeness (QED) is 0.740. The van der Waals surface area contributed by atoms with Gasteiger partial charge in [-0.15, -0.1) is 11.8 Å². The smallest absolute Gasteiger partial charge is 0.234 e. The molecule has 0 spiro atoms. The van der Waals surface area contributed by atoms with Crippen LogP contribution in [0, 0.1) is 0 Å². The molecule has 0 radical (unpaired) electrons. The minimum Gasteiger partial charge on any atom is -0.325 e. The summed E-state index contributed by atoms with van der Waals surface area (Å²) < 4.78 is 1.93. The number of hydrogen-bond donors (Lipinski definition) is 1. The molecule has 0 saturated carbocycles. The van der Waals surface area contributed by atoms with Crippen molar-refractivity contribution < 1.29 is 4.79 Å². The fraction of sp³-hybridized carbons (Fsp3) is 0.278. The van der Waals surface area contributed by atoms with E-state index in [1.807, 2.05) is 47.3 Å². The molecule has 1 aromatic carbocycles. The van der Waals surface area contributed by atoms with Gasteiger partial charge in [0.2, 0.25) is 5.91 Å². The monoisotopic (exact) mass is 340 g/mol. The number of hydrogen-bond acceptors (Lipinski definition) is 4. The minimum absolute atomic E-state index is 0.0152. The van der Waals surface area contributed by atoms with Crippen molar-refractivity contribution in [2.45, 2.75) is 25.6 Å². The number of fused-ring (bicyclic) bond motifs is 1. The Balaban J connectivity index is 1.56. The summed E-state index contributed by atoms with van der Waals surface area (Å²) in [6, 6.07) is 11.9. The summed E-state index contributed by atoms with van der Waals surface area (Å²) in [5, 5.41) is 8.54. The Morgan fingerprint density at radius 1 is 1.29 bits per heavy atom. The fourth-order valence-corrected chi connectivity index (χ4v) is 3.05. The highest BCUT2D eigenvalue weighted by molar-refractivity contribution is 7.99. The normalized spacial score (nSPS) is 11.1. The average molecular weight is 340 g/mol. The lowest BCUT2D eigenvalue weighted by atomic mass is 10.2. The molecule has 3 rings (SSSR count). The van der Waals surface area contributed by atoms with Crippen LogP contribution in [-0.2, 0) is 10.5 Å². The van der Waals surface area contributed by atoms with Crippen molar-refractivity contribution in [3.63, 3.8) is 0 Å². The van der Waals surface area contributed by atoms with E-state index in [1.165, 1.54) is 0 Å². The first-order valence-electron chi connectivity index (χ1n) is 7.88. The predicted molar refractivity (Wildman–Crippen MR) is 99.1 cm³/mol. The topological polar surface area (TPSA) is 59.8 Å². The zero-order chi connectivity index (χ0) is 16.9. The highest BCUT2D eigenvalue weighted by atomic mass is 32.2. The summed E-state index contributed by atoms with van der Waals surface area (Å²) >= 11 is 1.55. The molecule has 2 aromatic heterocycles. The van der Waals surface area contributed by atoms with E-state index in [0.29, 0.717) is 11.8 Å². The molecule has 0 aliphatic heterocycles. The highest BCUT2D eigenvalue weighted by Gasteiger charge is 2.07. The summed E-state index contributed by atoms with van der Waals surface area (Å²) in [6.07, 6.45) is 3.79. The van der Waals surface area contributed by atoms with Crippen molar-refractivity contribution in [1.29, 1.82) is 0 Å². The van der Waals surface area contributed by atoms with Crippen molar-refractivity contribution in [3.8, 4) is 0 Å². The maximum atomic E-state index is 12.1. The van der Waals surface area contributed by atoms with E-state index in [1.54, 1.807) is 18.0 Å². The van der Waals surface area contributed by atoms with Crippen LogP contribution in [0.4, 0.5) is 5.69 Å². The lowest BCUT2D eigenvalue weighted by molar-refractivity contribution is -0.113. The second-order valence-electron chi connectivity index (χ2n) is 5.84. The number of carbonyl (C=O) groups excluding carboxylic acids is 1. The van der Waals surface area contributed by atoms with Gasteiger partial charge in [-0.2, -0.15) is 5.10 Å². The molecule has 0 unspecified atom stereocenters. The molecule has 5 nitrogen and oxygen atoms in total. The predicted octanol–water partition coefficient (Wildman–Crippen LogP) is 3.88. The van der Waals surface area contributed by atoms with E-state index in [2.05, 4.69) is 29.2 Å². The van der Waals surface area contributed by atoms with Crippen LogP contribution in [-0.4, -0.2) is 26.4 Å². The second-order valence-corrected chi connectivity index (χ2v) is 6.82. The van der Waals surface area contributed by atoms with Gasteiger partial charge in [0.15, 0.2) is 0 Å². The molecule has 0 saturated heterocycles. The number of carbonyl (C=O) groups is 1. The zero-order valence-corrected chi connectivity index (χ0v) is 14.6. The molecule has 3 aromatic rings. The Morgan fingerprint density at radius 3 is 2.92 bits per heavy atom. The van der Waals surface area contributed by atoms with Crippen molar-refractivity contribution in [2.24, 2.45) is 0 Å². The van der Waals surface area contributed by atoms with Gasteiger partial charge in [-0.1, -0.05) is 6.07 Å². The fourth-order valence-electron chi connectivity index (χ4n) is 2.31. The van der Waals surface area contributed by atoms with Crippen molar-refractivity contribution in [2.75, 3.05) is 11.1 Å². The molecule has 1 amide bonds. The molecular weight excluding hydrogens is 320 g/mol. The van der Waals surface area contributed by atoms with Crippen LogP contribution < -0.4 is 5.32 Å². The van der Waals surface area contributed by atoms with E-state index < -0.39 is 0 Å². The molecule has 6 heteroatoms. The minimum atomic E-state index is -0.0152. The molecule has 2 heterocycles. The summed E-state index contributed by atoms with van der Waals surface area (Å²) in [5.41, 5.74) is 2.65. The molecule has 0 fully saturated rings. The van der Waals surface area contributed by atoms with Crippen molar-refractivity contribution in [3.05, 3.63) is 54.5 Å². The lowest BCUT2D eigenvalue weighted by Crippen LogP contribution is -2.14. The SMILES string of the molecule is CC(C)n1cc2ccc(NC(=O)CSCc3ccccn3)cc2n1. The number of amides is 1. The molecule has 0 aliphatic rings. The summed E-state index contributed by atoms with van der Waals surface area (Å²) in [7, 11) is 0. The Labute approximate surface area is 145 Å². The van der Waals surface area contributed by atoms with Crippen LogP contribution in [0.2, 0.25) is 0 Å². The third-order valence-corrected chi connectivity index (χ3v) is 4.51. The van der Waals surface area contributed by atoms with E-state index in [4.69, 9.17) is 0 Å². The third kappa shape index (κ3) is 4.14. The van der Waals surface area contributed by atoms with Gasteiger partial charge in [0.1, 0.15) is 0 Å². The summed E-state index contributed by atoms with van der Waals surface area (Å²) in [4.78, 5) is 16.3. The van der Waals surface area contributed by atoms with Crippen LogP contribution in [0.3, 0.4) is 0 Å². The van der Waals surface area contributed by atoms with Gasteiger partial charge in [-0.05, 0) is 44.2 Å². The molecular formula is C18H20N4OS. The summed E-state index contributed by atoms with van der Waals surface area (Å²) in [5.74, 6) is 1.11. The van der Waals surface area contributed by atoms with Crippen LogP contribution in [0.5, 0.6) is 0 Å². The first-order valence-corrected chi connectivity index (χ1v) is 9.04. The number of pyridine rings is 1. The number of rotatable bonds is 6. The van der Waals surface area contributed by atoms with Gasteiger partial charge in [0.05, 0.1) is 17.0 Å². The molecule has 0 atom stereocenters. The number of benzene rings is 1. The van der Waals surface area contributed by atoms with Crippen LogP contribution in [0.1, 0.15) is 25.6 Å². The van der Waals surface area contributed by atoms with Gasteiger partial charge in [0.25, 0.3) is 0 Å². The lowest BCUT2D eigenvalue weighted by Gasteiger charge is -2.05. The maximum absolute atomic E-state index is 12.1. The average Bonchev–Trinajstić information content (AvgIpc) is 2.99. The van der Waals surface area contributed by atoms with Crippen LogP contribution in [0.15, 0.2) is 48.8 Å². The number of nitrogens with one attached hydrogen (secondary N) is 1. The third-order valence-electron chi connectivity index (χ3n) is 3.55. The molecule has 0 bridgehead atoms. The first-order chi connectivity index (χ1) is 11.6. The Hall–Kier alpha value is -2.34. The van der Waals surface area contributed by atoms with E-state index in [9.17, 15) is 4.79 Å². The van der Waals surface area contributed by atoms with Crippen molar-refractivity contribution >= 4 is 34.3 Å². The zero-order valence-electron chi connectivity index (χ0n) is 13.8. The second kappa shape index (κ2) is 7.49. The maximum Gasteiger partial charge on any atom is 0.234 e. The van der Waals surface area contributed by atoms with Crippen LogP contribution in [0.25, 0.3) is 10.9 Å². The standard InChI is InChI=1S/C18H20N4OS/c1-13(2)22-10-14-6-7-15(9-17(14)21-22)20-18(23)12-24-11-16-5-3-4-8-19-16/h3-10,13H,11-12H2,1-2H3,(H,20,23). The van der Waals surface area contributed by atoms with Gasteiger partial charge in [-0.25, -0.2) is 0 Å². The van der Waals surface area contributed by atoms with Gasteiger partial charge < -0.3 is 5.32 Å². The molecule has 24 heavy (non-hydrogen) atoms. The summed E-state index contributed by atoms with van der Waals surface area (Å²) in [6.45, 7) is 4.18. The Kier molecular flexibility index (Phi) is 5.15. The number of nitrogens with zero attached hydrogens (tertiary/aromatic N) is 3. The van der Waals surface area contributed by atoms with Crippen LogP contribution >= 0.6 is 11.8 Å². The van der Waals surface area contributed by atoms with Gasteiger partial charge in [-0.3, -0.25) is 14.5 Å². The van der Waals surface area contributed by atoms with Crippen molar-refractivity contribution in [1.82, 2.24) is 14.8 Å². The molecule has 1 N–H and O–H groups in total. The molecule has 124 valence electrons. The number of thioether (sulfide) groups is 1. The van der Waals surface area contributed by atoms with E-state index in [0.717, 1.165) is 28.0 Å². The van der Waals surface area contributed by atoms with E-state index in [-0.39, 0.29) is 5.91 Å². The Morgan fingerprint density at radius 2 is 2.17 bits per heavy atom.